The summed E-state index contributed by atoms with van der Waals surface area (Å²) >= 11 is 0. The number of fused-ring (bicyclic) bond motifs is 3. The van der Waals surface area contributed by atoms with Crippen LogP contribution in [0.3, 0.4) is 0 Å². The molecule has 6 heteroatoms. The molecule has 0 radical (unpaired) electrons. The number of quaternary nitrogens is 1. The molecule has 1 saturated heterocycles. The molecule has 0 amide bonds. The summed E-state index contributed by atoms with van der Waals surface area (Å²) in [6.07, 6.45) is 2.51. The normalized spacial score (nSPS) is 21.0. The molecule has 2 aromatic carbocycles. The summed E-state index contributed by atoms with van der Waals surface area (Å²) in [5, 5.41) is 0.912. The van der Waals surface area contributed by atoms with E-state index in [9.17, 15) is 4.79 Å². The highest BCUT2D eigenvalue weighted by Crippen LogP contribution is 2.34. The van der Waals surface area contributed by atoms with Gasteiger partial charge in [0.2, 0.25) is 6.73 Å². The van der Waals surface area contributed by atoms with Crippen LogP contribution in [0.15, 0.2) is 51.7 Å². The van der Waals surface area contributed by atoms with Gasteiger partial charge in [-0.15, -0.1) is 0 Å². The Labute approximate surface area is 168 Å². The Morgan fingerprint density at radius 2 is 2.03 bits per heavy atom. The van der Waals surface area contributed by atoms with Gasteiger partial charge in [0.1, 0.15) is 30.7 Å². The van der Waals surface area contributed by atoms with Crippen molar-refractivity contribution in [2.75, 3.05) is 27.0 Å². The summed E-state index contributed by atoms with van der Waals surface area (Å²) in [6.45, 7) is 3.10. The predicted octanol–water partition coefficient (Wildman–Crippen LogP) is 2.38. The fourth-order valence-electron chi connectivity index (χ4n) is 4.32. The molecule has 0 bridgehead atoms. The predicted molar refractivity (Wildman–Crippen MR) is 108 cm³/mol. The highest BCUT2D eigenvalue weighted by atomic mass is 16.5. The average Bonchev–Trinajstić information content (AvgIpc) is 3.26. The minimum absolute atomic E-state index is 0.284. The van der Waals surface area contributed by atoms with E-state index in [1.807, 2.05) is 36.4 Å². The molecule has 1 fully saturated rings. The van der Waals surface area contributed by atoms with Gasteiger partial charge < -0.3 is 18.6 Å². The van der Waals surface area contributed by atoms with Crippen molar-refractivity contribution in [2.24, 2.45) is 0 Å². The first-order valence-electron chi connectivity index (χ1n) is 10.0. The van der Waals surface area contributed by atoms with Crippen LogP contribution in [0.5, 0.6) is 11.5 Å². The first-order valence-corrected chi connectivity index (χ1v) is 10.0. The number of hydrogen-bond donors (Lipinski definition) is 1. The first-order chi connectivity index (χ1) is 14.2. The fourth-order valence-corrected chi connectivity index (χ4v) is 4.32. The highest BCUT2D eigenvalue weighted by molar-refractivity contribution is 5.95. The molecule has 1 aromatic heterocycles. The molecule has 0 spiro atoms. The zero-order valence-corrected chi connectivity index (χ0v) is 16.4. The van der Waals surface area contributed by atoms with Crippen LogP contribution >= 0.6 is 0 Å². The number of ether oxygens (including phenoxy) is 3. The molecule has 6 nitrogen and oxygen atoms in total. The molecule has 2 aliphatic rings. The van der Waals surface area contributed by atoms with Crippen molar-refractivity contribution in [3.05, 3.63) is 58.4 Å². The smallest absolute Gasteiger partial charge is 0.336 e. The molecular formula is C23H24NO5+. The molecule has 1 unspecified atom stereocenters. The summed E-state index contributed by atoms with van der Waals surface area (Å²) < 4.78 is 22.7. The van der Waals surface area contributed by atoms with E-state index < -0.39 is 0 Å². The van der Waals surface area contributed by atoms with Crippen molar-refractivity contribution in [3.63, 3.8) is 0 Å². The van der Waals surface area contributed by atoms with E-state index in [1.54, 1.807) is 13.2 Å². The topological polar surface area (TPSA) is 62.3 Å². The van der Waals surface area contributed by atoms with Gasteiger partial charge in [0, 0.05) is 18.1 Å². The molecule has 2 aliphatic heterocycles. The SMILES string of the molecule is COc1ccc(-c2cc(=O)oc3c4c(ccc23)OC[NH+](C[C@H]2CCCO2)C4)cc1. The number of methoxy groups -OCH3 is 1. The quantitative estimate of drug-likeness (QED) is 0.689. The van der Waals surface area contributed by atoms with E-state index in [2.05, 4.69) is 0 Å². The van der Waals surface area contributed by atoms with Gasteiger partial charge >= 0.3 is 5.63 Å². The van der Waals surface area contributed by atoms with E-state index in [4.69, 9.17) is 18.6 Å². The van der Waals surface area contributed by atoms with Gasteiger partial charge in [-0.2, -0.15) is 0 Å². The van der Waals surface area contributed by atoms with Gasteiger partial charge in [-0.25, -0.2) is 4.79 Å². The minimum atomic E-state index is -0.358. The number of nitrogens with one attached hydrogen (secondary N) is 1. The van der Waals surface area contributed by atoms with Crippen LogP contribution in [-0.4, -0.2) is 33.1 Å². The zero-order chi connectivity index (χ0) is 19.8. The largest absolute Gasteiger partial charge is 0.497 e. The summed E-state index contributed by atoms with van der Waals surface area (Å²) in [5.41, 5.74) is 3.01. The van der Waals surface area contributed by atoms with Crippen molar-refractivity contribution in [3.8, 4) is 22.6 Å². The third kappa shape index (κ3) is 3.50. The molecule has 3 aromatic rings. The summed E-state index contributed by atoms with van der Waals surface area (Å²) in [6, 6.07) is 13.2. The Hall–Kier alpha value is -2.83. The second-order valence-electron chi connectivity index (χ2n) is 7.68. The lowest BCUT2D eigenvalue weighted by molar-refractivity contribution is -0.935. The molecule has 0 saturated carbocycles. The van der Waals surface area contributed by atoms with Gasteiger partial charge in [0.05, 0.1) is 12.7 Å². The maximum Gasteiger partial charge on any atom is 0.336 e. The third-order valence-electron chi connectivity index (χ3n) is 5.77. The Morgan fingerprint density at radius 3 is 2.79 bits per heavy atom. The van der Waals surface area contributed by atoms with Crippen LogP contribution in [0.25, 0.3) is 22.1 Å². The average molecular weight is 394 g/mol. The van der Waals surface area contributed by atoms with Crippen molar-refractivity contribution in [1.29, 1.82) is 0 Å². The van der Waals surface area contributed by atoms with Crippen molar-refractivity contribution in [2.45, 2.75) is 25.5 Å². The molecule has 2 atom stereocenters. The standard InChI is InChI=1S/C23H23NO5/c1-26-16-6-4-15(5-7-16)19-11-22(25)29-23-18(19)8-9-21-20(23)13-24(14-28-21)12-17-3-2-10-27-17/h4-9,11,17H,2-3,10,12-14H2,1H3/p+1/t17-/m1/s1. The molecule has 150 valence electrons. The van der Waals surface area contributed by atoms with Crippen molar-refractivity contribution < 1.29 is 23.5 Å². The molecular weight excluding hydrogens is 370 g/mol. The molecule has 29 heavy (non-hydrogen) atoms. The third-order valence-corrected chi connectivity index (χ3v) is 5.77. The number of hydrogen-bond acceptors (Lipinski definition) is 5. The monoisotopic (exact) mass is 394 g/mol. The van der Waals surface area contributed by atoms with Gasteiger partial charge in [-0.1, -0.05) is 12.1 Å². The molecule has 5 rings (SSSR count). The maximum absolute atomic E-state index is 12.4. The Kier molecular flexibility index (Phi) is 4.73. The second kappa shape index (κ2) is 7.54. The lowest BCUT2D eigenvalue weighted by atomic mass is 9.99. The van der Waals surface area contributed by atoms with Crippen LogP contribution < -0.4 is 20.0 Å². The van der Waals surface area contributed by atoms with Crippen molar-refractivity contribution in [1.82, 2.24) is 0 Å². The Balaban J connectivity index is 1.55. The summed E-state index contributed by atoms with van der Waals surface area (Å²) in [7, 11) is 1.64. The molecule has 1 N–H and O–H groups in total. The van der Waals surface area contributed by atoms with Crippen LogP contribution in [0, 0.1) is 0 Å². The Bertz CT molecular complexity index is 1080. The molecule has 3 heterocycles. The van der Waals surface area contributed by atoms with E-state index in [-0.39, 0.29) is 11.7 Å². The fraction of sp³-hybridized carbons (Fsp3) is 0.348. The van der Waals surface area contributed by atoms with Crippen LogP contribution in [0.1, 0.15) is 18.4 Å². The lowest BCUT2D eigenvalue weighted by Crippen LogP contribution is -3.13. The van der Waals surface area contributed by atoms with E-state index in [1.165, 1.54) is 4.90 Å². The van der Waals surface area contributed by atoms with Crippen LogP contribution in [0.4, 0.5) is 0 Å². The van der Waals surface area contributed by atoms with Crippen LogP contribution in [-0.2, 0) is 11.3 Å². The van der Waals surface area contributed by atoms with Gasteiger partial charge in [0.15, 0.2) is 5.58 Å². The first kappa shape index (κ1) is 18.2. The van der Waals surface area contributed by atoms with E-state index in [0.29, 0.717) is 12.3 Å². The number of rotatable bonds is 4. The summed E-state index contributed by atoms with van der Waals surface area (Å²) in [5.74, 6) is 1.57. The lowest BCUT2D eigenvalue weighted by Gasteiger charge is -2.28. The zero-order valence-electron chi connectivity index (χ0n) is 16.4. The minimum Gasteiger partial charge on any atom is -0.497 e. The molecule has 0 aliphatic carbocycles. The van der Waals surface area contributed by atoms with Gasteiger partial charge in [0.25, 0.3) is 0 Å². The maximum atomic E-state index is 12.4. The summed E-state index contributed by atoms with van der Waals surface area (Å²) in [4.78, 5) is 13.7. The Morgan fingerprint density at radius 1 is 1.17 bits per heavy atom. The van der Waals surface area contributed by atoms with Crippen LogP contribution in [0.2, 0.25) is 0 Å². The van der Waals surface area contributed by atoms with Gasteiger partial charge in [-0.05, 0) is 48.2 Å². The van der Waals surface area contributed by atoms with Gasteiger partial charge in [-0.3, -0.25) is 4.90 Å². The second-order valence-corrected chi connectivity index (χ2v) is 7.68. The van der Waals surface area contributed by atoms with E-state index >= 15 is 0 Å². The van der Waals surface area contributed by atoms with Crippen molar-refractivity contribution >= 4 is 11.0 Å². The highest BCUT2D eigenvalue weighted by Gasteiger charge is 2.28. The van der Waals surface area contributed by atoms with E-state index in [0.717, 1.165) is 66.1 Å². The number of benzene rings is 2.